The van der Waals surface area contributed by atoms with Gasteiger partial charge in [0.25, 0.3) is 5.56 Å². The topological polar surface area (TPSA) is 128 Å². The Labute approximate surface area is 208 Å². The van der Waals surface area contributed by atoms with E-state index in [1.165, 1.54) is 23.1 Å². The Bertz CT molecular complexity index is 1760. The number of halogens is 1. The number of rotatable bonds is 4. The minimum atomic E-state index is -0.633. The molecule has 1 atom stereocenters. The maximum atomic E-state index is 13.2. The van der Waals surface area contributed by atoms with Crippen molar-refractivity contribution in [1.82, 2.24) is 29.8 Å². The van der Waals surface area contributed by atoms with E-state index in [0.717, 1.165) is 11.1 Å². The Morgan fingerprint density at radius 2 is 1.94 bits per heavy atom. The quantitative estimate of drug-likeness (QED) is 0.391. The zero-order valence-corrected chi connectivity index (χ0v) is 19.4. The smallest absolute Gasteiger partial charge is 0.252 e. The number of aromatic nitrogens is 6. The van der Waals surface area contributed by atoms with Crippen molar-refractivity contribution in [2.75, 3.05) is 5.32 Å². The predicted octanol–water partition coefficient (Wildman–Crippen LogP) is 3.11. The zero-order valence-electron chi connectivity index (χ0n) is 18.7. The van der Waals surface area contributed by atoms with Gasteiger partial charge < -0.3 is 14.9 Å². The summed E-state index contributed by atoms with van der Waals surface area (Å²) in [6.07, 6.45) is 2.54. The van der Waals surface area contributed by atoms with Gasteiger partial charge in [-0.15, -0.1) is 5.10 Å². The maximum Gasteiger partial charge on any atom is 0.252 e. The molecule has 5 aromatic rings. The van der Waals surface area contributed by atoms with E-state index in [0.29, 0.717) is 45.9 Å². The molecular weight excluding hydrogens is 482 g/mol. The van der Waals surface area contributed by atoms with Crippen LogP contribution < -0.4 is 16.4 Å². The van der Waals surface area contributed by atoms with Crippen molar-refractivity contribution < 1.29 is 4.79 Å². The number of amides is 1. The number of carbonyl (C=O) groups excluding carboxylic acids is 1. The number of anilines is 1. The SMILES string of the molecule is O=C(Nc1ccc2[nH]c(=O)ccc2c1)C1CCc2cc(-c3cc(Cl)ccc3-n3cnnn3)cc(=O)n21. The third kappa shape index (κ3) is 3.87. The Kier molecular flexibility index (Phi) is 5.23. The van der Waals surface area contributed by atoms with Gasteiger partial charge in [-0.3, -0.25) is 14.4 Å². The standard InChI is InChI=1S/C25H18ClN7O3/c26-16-2-6-21(32-13-27-30-31-32)19(12-16)15-10-18-4-7-22(33(18)24(35)11-15)25(36)28-17-3-5-20-14(9-17)1-8-23(34)29-20/h1-3,5-6,8-13,22H,4,7H2,(H,28,36)(H,29,34). The molecule has 0 fully saturated rings. The van der Waals surface area contributed by atoms with E-state index in [9.17, 15) is 14.4 Å². The molecule has 1 amide bonds. The second-order valence-corrected chi connectivity index (χ2v) is 8.96. The maximum absolute atomic E-state index is 13.2. The van der Waals surface area contributed by atoms with Gasteiger partial charge in [-0.05, 0) is 77.4 Å². The highest BCUT2D eigenvalue weighted by Gasteiger charge is 2.30. The molecule has 0 aliphatic carbocycles. The van der Waals surface area contributed by atoms with Crippen LogP contribution in [0.5, 0.6) is 0 Å². The lowest BCUT2D eigenvalue weighted by Crippen LogP contribution is -2.31. The Balaban J connectivity index is 1.32. The lowest BCUT2D eigenvalue weighted by atomic mass is 10.0. The Hall–Kier alpha value is -4.57. The minimum absolute atomic E-state index is 0.191. The molecule has 2 aromatic carbocycles. The first-order valence-electron chi connectivity index (χ1n) is 11.2. The van der Waals surface area contributed by atoms with Crippen LogP contribution in [0.15, 0.2) is 76.6 Å². The number of pyridine rings is 2. The lowest BCUT2D eigenvalue weighted by molar-refractivity contribution is -0.119. The number of hydrogen-bond acceptors (Lipinski definition) is 6. The molecule has 11 heteroatoms. The molecule has 36 heavy (non-hydrogen) atoms. The van der Waals surface area contributed by atoms with E-state index in [4.69, 9.17) is 11.6 Å². The molecule has 0 saturated heterocycles. The van der Waals surface area contributed by atoms with Crippen molar-refractivity contribution in [2.45, 2.75) is 18.9 Å². The molecule has 178 valence electrons. The average molecular weight is 500 g/mol. The van der Waals surface area contributed by atoms with Crippen LogP contribution in [0.4, 0.5) is 5.69 Å². The summed E-state index contributed by atoms with van der Waals surface area (Å²) < 4.78 is 3.05. The third-order valence-electron chi connectivity index (χ3n) is 6.29. The summed E-state index contributed by atoms with van der Waals surface area (Å²) in [4.78, 5) is 40.6. The first-order valence-corrected chi connectivity index (χ1v) is 11.6. The van der Waals surface area contributed by atoms with Crippen molar-refractivity contribution in [3.8, 4) is 16.8 Å². The predicted molar refractivity (Wildman–Crippen MR) is 134 cm³/mol. The van der Waals surface area contributed by atoms with Crippen LogP contribution in [-0.4, -0.2) is 35.7 Å². The number of benzene rings is 2. The number of fused-ring (bicyclic) bond motifs is 2. The van der Waals surface area contributed by atoms with Crippen LogP contribution in [0.2, 0.25) is 5.02 Å². The fraction of sp³-hybridized carbons (Fsp3) is 0.120. The summed E-state index contributed by atoms with van der Waals surface area (Å²) in [5.74, 6) is -0.274. The molecule has 1 unspecified atom stereocenters. The van der Waals surface area contributed by atoms with Crippen LogP contribution in [0.1, 0.15) is 18.2 Å². The molecule has 0 spiro atoms. The van der Waals surface area contributed by atoms with Crippen molar-refractivity contribution in [3.63, 3.8) is 0 Å². The van der Waals surface area contributed by atoms with Crippen LogP contribution in [0.25, 0.3) is 27.7 Å². The van der Waals surface area contributed by atoms with E-state index in [1.807, 2.05) is 6.07 Å². The van der Waals surface area contributed by atoms with Gasteiger partial charge >= 0.3 is 0 Å². The van der Waals surface area contributed by atoms with E-state index in [2.05, 4.69) is 25.8 Å². The van der Waals surface area contributed by atoms with Gasteiger partial charge in [-0.1, -0.05) is 11.6 Å². The third-order valence-corrected chi connectivity index (χ3v) is 6.53. The summed E-state index contributed by atoms with van der Waals surface area (Å²) in [6, 6.07) is 16.4. The van der Waals surface area contributed by atoms with Gasteiger partial charge in [0.05, 0.1) is 5.69 Å². The first kappa shape index (κ1) is 21.9. The number of tetrazole rings is 1. The van der Waals surface area contributed by atoms with Crippen molar-refractivity contribution in [2.24, 2.45) is 0 Å². The molecule has 10 nitrogen and oxygen atoms in total. The number of nitrogens with zero attached hydrogens (tertiary/aromatic N) is 5. The van der Waals surface area contributed by atoms with Crippen molar-refractivity contribution in [1.29, 1.82) is 0 Å². The summed E-state index contributed by atoms with van der Waals surface area (Å²) in [5.41, 5.74) is 3.61. The van der Waals surface area contributed by atoms with Crippen molar-refractivity contribution >= 4 is 34.1 Å². The molecular formula is C25H18ClN7O3. The fourth-order valence-corrected chi connectivity index (χ4v) is 4.84. The number of aryl methyl sites for hydroxylation is 1. The number of carbonyl (C=O) groups is 1. The molecule has 1 aliphatic rings. The van der Waals surface area contributed by atoms with Crippen LogP contribution in [0, 0.1) is 0 Å². The molecule has 6 rings (SSSR count). The average Bonchev–Trinajstić information content (AvgIpc) is 3.55. The largest absolute Gasteiger partial charge is 0.324 e. The zero-order chi connectivity index (χ0) is 24.8. The molecule has 0 radical (unpaired) electrons. The van der Waals surface area contributed by atoms with E-state index in [1.54, 1.807) is 47.0 Å². The van der Waals surface area contributed by atoms with Gasteiger partial charge in [-0.2, -0.15) is 4.68 Å². The number of nitrogens with one attached hydrogen (secondary N) is 2. The molecule has 1 aliphatic heterocycles. The summed E-state index contributed by atoms with van der Waals surface area (Å²) >= 11 is 6.26. The highest BCUT2D eigenvalue weighted by Crippen LogP contribution is 2.32. The van der Waals surface area contributed by atoms with Crippen LogP contribution in [0.3, 0.4) is 0 Å². The van der Waals surface area contributed by atoms with E-state index >= 15 is 0 Å². The van der Waals surface area contributed by atoms with Gasteiger partial charge in [0.2, 0.25) is 11.5 Å². The molecule has 3 aromatic heterocycles. The molecule has 0 bridgehead atoms. The van der Waals surface area contributed by atoms with Gasteiger partial charge in [0, 0.05) is 45.0 Å². The number of hydrogen-bond donors (Lipinski definition) is 2. The Morgan fingerprint density at radius 1 is 1.06 bits per heavy atom. The second-order valence-electron chi connectivity index (χ2n) is 8.53. The Morgan fingerprint density at radius 3 is 2.78 bits per heavy atom. The second kappa shape index (κ2) is 8.58. The van der Waals surface area contributed by atoms with Gasteiger partial charge in [-0.25, -0.2) is 0 Å². The van der Waals surface area contributed by atoms with Gasteiger partial charge in [0.1, 0.15) is 12.4 Å². The van der Waals surface area contributed by atoms with E-state index in [-0.39, 0.29) is 17.0 Å². The molecule has 0 saturated carbocycles. The van der Waals surface area contributed by atoms with Crippen LogP contribution in [-0.2, 0) is 11.2 Å². The molecule has 4 heterocycles. The summed E-state index contributed by atoms with van der Waals surface area (Å²) in [7, 11) is 0. The monoisotopic (exact) mass is 499 g/mol. The van der Waals surface area contributed by atoms with Crippen LogP contribution >= 0.6 is 11.6 Å². The summed E-state index contributed by atoms with van der Waals surface area (Å²) in [6.45, 7) is 0. The lowest BCUT2D eigenvalue weighted by Gasteiger charge is -2.16. The van der Waals surface area contributed by atoms with Crippen molar-refractivity contribution in [3.05, 3.63) is 98.4 Å². The van der Waals surface area contributed by atoms with E-state index < -0.39 is 6.04 Å². The number of aromatic amines is 1. The highest BCUT2D eigenvalue weighted by molar-refractivity contribution is 6.31. The highest BCUT2D eigenvalue weighted by atomic mass is 35.5. The normalized spacial score (nSPS) is 14.6. The number of H-pyrrole nitrogens is 1. The van der Waals surface area contributed by atoms with Gasteiger partial charge in [0.15, 0.2) is 0 Å². The minimum Gasteiger partial charge on any atom is -0.324 e. The first-order chi connectivity index (χ1) is 17.5. The molecule has 2 N–H and O–H groups in total. The fourth-order valence-electron chi connectivity index (χ4n) is 4.67. The summed E-state index contributed by atoms with van der Waals surface area (Å²) in [5, 5.41) is 15.5.